The van der Waals surface area contributed by atoms with Crippen molar-refractivity contribution in [1.29, 1.82) is 0 Å². The van der Waals surface area contributed by atoms with Crippen LogP contribution in [0.5, 0.6) is 5.75 Å². The Labute approximate surface area is 184 Å². The van der Waals surface area contributed by atoms with E-state index in [-0.39, 0.29) is 5.91 Å². The lowest BCUT2D eigenvalue weighted by Gasteiger charge is -2.14. The monoisotopic (exact) mass is 426 g/mol. The van der Waals surface area contributed by atoms with Gasteiger partial charge in [0.2, 0.25) is 0 Å². The average Bonchev–Trinajstić information content (AvgIpc) is 3.49. The Kier molecular flexibility index (Phi) is 8.38. The number of carbonyl (C=O) groups is 1. The van der Waals surface area contributed by atoms with Crippen LogP contribution in [0, 0.1) is 19.8 Å². The van der Waals surface area contributed by atoms with Crippen LogP contribution in [0.1, 0.15) is 53.4 Å². The maximum absolute atomic E-state index is 12.1. The van der Waals surface area contributed by atoms with Gasteiger partial charge in [0.15, 0.2) is 11.7 Å². The predicted molar refractivity (Wildman–Crippen MR) is 123 cm³/mol. The molecule has 3 N–H and O–H groups in total. The Morgan fingerprint density at radius 3 is 2.68 bits per heavy atom. The third-order valence-corrected chi connectivity index (χ3v) is 5.15. The van der Waals surface area contributed by atoms with E-state index < -0.39 is 0 Å². The zero-order valence-electron chi connectivity index (χ0n) is 18.8. The van der Waals surface area contributed by atoms with Crippen LogP contribution >= 0.6 is 0 Å². The summed E-state index contributed by atoms with van der Waals surface area (Å²) in [5, 5.41) is 9.48. The Morgan fingerprint density at radius 1 is 1.16 bits per heavy atom. The van der Waals surface area contributed by atoms with Crippen molar-refractivity contribution < 1.29 is 13.9 Å². The number of ether oxygens (including phenoxy) is 1. The number of hydrogen-bond donors (Lipinski definition) is 3. The van der Waals surface area contributed by atoms with Gasteiger partial charge in [-0.2, -0.15) is 0 Å². The van der Waals surface area contributed by atoms with Crippen molar-refractivity contribution in [1.82, 2.24) is 16.0 Å². The number of carbonyl (C=O) groups excluding carboxylic acids is 1. The summed E-state index contributed by atoms with van der Waals surface area (Å²) >= 11 is 0. The molecule has 1 aliphatic carbocycles. The maximum Gasteiger partial charge on any atom is 0.287 e. The fourth-order valence-electron chi connectivity index (χ4n) is 3.11. The molecular weight excluding hydrogens is 392 g/mol. The minimum Gasteiger partial charge on any atom is -0.493 e. The van der Waals surface area contributed by atoms with Gasteiger partial charge >= 0.3 is 0 Å². The van der Waals surface area contributed by atoms with E-state index in [4.69, 9.17) is 14.1 Å². The molecule has 1 aromatic heterocycles. The number of benzene rings is 1. The summed E-state index contributed by atoms with van der Waals surface area (Å²) in [6.07, 6.45) is 4.85. The van der Waals surface area contributed by atoms with E-state index in [2.05, 4.69) is 41.1 Å². The summed E-state index contributed by atoms with van der Waals surface area (Å²) < 4.78 is 11.3. The van der Waals surface area contributed by atoms with Crippen LogP contribution in [0.3, 0.4) is 0 Å². The highest BCUT2D eigenvalue weighted by atomic mass is 16.5. The molecule has 1 amide bonds. The molecular formula is C24H34N4O3. The second-order valence-corrected chi connectivity index (χ2v) is 8.03. The second-order valence-electron chi connectivity index (χ2n) is 8.03. The lowest BCUT2D eigenvalue weighted by atomic mass is 10.1. The van der Waals surface area contributed by atoms with Gasteiger partial charge in [-0.1, -0.05) is 12.1 Å². The van der Waals surface area contributed by atoms with E-state index in [0.29, 0.717) is 31.3 Å². The van der Waals surface area contributed by atoms with Crippen molar-refractivity contribution in [3.63, 3.8) is 0 Å². The van der Waals surface area contributed by atoms with Gasteiger partial charge in [0.1, 0.15) is 5.75 Å². The van der Waals surface area contributed by atoms with Crippen LogP contribution in [0.4, 0.5) is 0 Å². The Bertz CT molecular complexity index is 887. The highest BCUT2D eigenvalue weighted by Gasteiger charge is 2.22. The van der Waals surface area contributed by atoms with Crippen molar-refractivity contribution in [3.05, 3.63) is 53.0 Å². The molecule has 1 saturated carbocycles. The molecule has 0 spiro atoms. The summed E-state index contributed by atoms with van der Waals surface area (Å²) in [5.74, 6) is 2.60. The van der Waals surface area contributed by atoms with Crippen molar-refractivity contribution in [2.75, 3.05) is 26.2 Å². The maximum atomic E-state index is 12.1. The number of aliphatic imine (C=N–C) groups is 1. The van der Waals surface area contributed by atoms with Gasteiger partial charge in [-0.05, 0) is 63.6 Å². The van der Waals surface area contributed by atoms with Crippen LogP contribution in [-0.4, -0.2) is 38.1 Å². The van der Waals surface area contributed by atoms with Crippen molar-refractivity contribution in [2.24, 2.45) is 10.9 Å². The van der Waals surface area contributed by atoms with E-state index in [9.17, 15) is 4.79 Å². The number of guanidine groups is 1. The zero-order chi connectivity index (χ0) is 22.1. The van der Waals surface area contributed by atoms with E-state index in [1.807, 2.05) is 13.8 Å². The normalized spacial score (nSPS) is 13.7. The van der Waals surface area contributed by atoms with Gasteiger partial charge < -0.3 is 25.1 Å². The van der Waals surface area contributed by atoms with Gasteiger partial charge in [0.25, 0.3) is 5.91 Å². The minimum absolute atomic E-state index is 0.179. The van der Waals surface area contributed by atoms with Crippen LogP contribution in [-0.2, 0) is 6.54 Å². The molecule has 7 heteroatoms. The minimum atomic E-state index is -0.179. The van der Waals surface area contributed by atoms with Crippen LogP contribution in [0.15, 0.2) is 39.9 Å². The highest BCUT2D eigenvalue weighted by Crippen LogP contribution is 2.30. The van der Waals surface area contributed by atoms with Crippen LogP contribution in [0.2, 0.25) is 0 Å². The SMILES string of the molecule is CCNC(=NCc1ccc(C)cc1OCC1CC1)NCCCNC(=O)c1occc1C. The topological polar surface area (TPSA) is 87.9 Å². The van der Waals surface area contributed by atoms with Gasteiger partial charge in [0.05, 0.1) is 19.4 Å². The Balaban J connectivity index is 1.46. The standard InChI is InChI=1S/C24H34N4O3/c1-4-25-24(27-12-5-11-26-23(29)22-18(3)10-13-30-22)28-15-20-9-6-17(2)14-21(20)31-16-19-7-8-19/h6,9-10,13-14,19H,4-5,7-8,11-12,15-16H2,1-3H3,(H,26,29)(H2,25,27,28). The summed E-state index contributed by atoms with van der Waals surface area (Å²) in [6, 6.07) is 8.07. The number of nitrogens with one attached hydrogen (secondary N) is 3. The molecule has 0 unspecified atom stereocenters. The number of aryl methyl sites for hydroxylation is 2. The predicted octanol–water partition coefficient (Wildman–Crippen LogP) is 3.56. The number of hydrogen-bond acceptors (Lipinski definition) is 4. The van der Waals surface area contributed by atoms with Gasteiger partial charge in [-0.25, -0.2) is 4.99 Å². The fourth-order valence-corrected chi connectivity index (χ4v) is 3.11. The largest absolute Gasteiger partial charge is 0.493 e. The van der Waals surface area contributed by atoms with Gasteiger partial charge in [-0.15, -0.1) is 0 Å². The molecule has 31 heavy (non-hydrogen) atoms. The quantitative estimate of drug-likeness (QED) is 0.290. The summed E-state index contributed by atoms with van der Waals surface area (Å²) in [7, 11) is 0. The fraction of sp³-hybridized carbons (Fsp3) is 0.500. The van der Waals surface area contributed by atoms with Crippen LogP contribution < -0.4 is 20.7 Å². The lowest BCUT2D eigenvalue weighted by Crippen LogP contribution is -2.38. The first kappa shape index (κ1) is 22.7. The third kappa shape index (κ3) is 7.35. The molecule has 7 nitrogen and oxygen atoms in total. The number of nitrogens with zero attached hydrogens (tertiary/aromatic N) is 1. The molecule has 1 aromatic carbocycles. The van der Waals surface area contributed by atoms with Crippen LogP contribution in [0.25, 0.3) is 0 Å². The van der Waals surface area contributed by atoms with E-state index in [1.54, 1.807) is 6.07 Å². The molecule has 0 atom stereocenters. The molecule has 2 aromatic rings. The van der Waals surface area contributed by atoms with Crippen molar-refractivity contribution in [3.8, 4) is 5.75 Å². The summed E-state index contributed by atoms with van der Waals surface area (Å²) in [4.78, 5) is 16.8. The molecule has 3 rings (SSSR count). The molecule has 168 valence electrons. The molecule has 0 bridgehead atoms. The smallest absolute Gasteiger partial charge is 0.287 e. The summed E-state index contributed by atoms with van der Waals surface area (Å²) in [5.41, 5.74) is 3.12. The number of rotatable bonds is 11. The second kappa shape index (κ2) is 11.4. The Morgan fingerprint density at radius 2 is 1.97 bits per heavy atom. The zero-order valence-corrected chi connectivity index (χ0v) is 18.8. The summed E-state index contributed by atoms with van der Waals surface area (Å²) in [6.45, 7) is 9.35. The van der Waals surface area contributed by atoms with Gasteiger partial charge in [0, 0.05) is 30.8 Å². The molecule has 1 aliphatic rings. The average molecular weight is 427 g/mol. The first-order valence-electron chi connectivity index (χ1n) is 11.1. The van der Waals surface area contributed by atoms with E-state index >= 15 is 0 Å². The first-order chi connectivity index (χ1) is 15.1. The number of amides is 1. The number of furan rings is 1. The molecule has 0 saturated heterocycles. The highest BCUT2D eigenvalue weighted by molar-refractivity contribution is 5.92. The molecule has 0 aliphatic heterocycles. The Hall–Kier alpha value is -2.96. The molecule has 1 fully saturated rings. The van der Waals surface area contributed by atoms with Gasteiger partial charge in [-0.3, -0.25) is 4.79 Å². The first-order valence-corrected chi connectivity index (χ1v) is 11.1. The third-order valence-electron chi connectivity index (χ3n) is 5.15. The molecule has 0 radical (unpaired) electrons. The molecule has 1 heterocycles. The lowest BCUT2D eigenvalue weighted by molar-refractivity contribution is 0.0925. The van der Waals surface area contributed by atoms with E-state index in [0.717, 1.165) is 42.4 Å². The van der Waals surface area contributed by atoms with E-state index in [1.165, 1.54) is 24.7 Å². The van der Waals surface area contributed by atoms with Crippen molar-refractivity contribution >= 4 is 11.9 Å². The van der Waals surface area contributed by atoms with Crippen molar-refractivity contribution in [2.45, 2.75) is 46.6 Å².